The number of nitrogens with zero attached hydrogens (tertiary/aromatic N) is 3. The molecule has 1 saturated heterocycles. The molecule has 1 aromatic heterocycles. The molecule has 1 unspecified atom stereocenters. The Hall–Kier alpha value is -1.11. The Morgan fingerprint density at radius 3 is 2.75 bits per heavy atom. The fraction of sp³-hybridized carbons (Fsp3) is 0.778. The van der Waals surface area contributed by atoms with Crippen LogP contribution in [0.1, 0.15) is 24.5 Å². The highest BCUT2D eigenvalue weighted by atomic mass is 19.4. The Morgan fingerprint density at radius 1 is 1.50 bits per heavy atom. The molecule has 1 aromatic rings. The van der Waals surface area contributed by atoms with Crippen molar-refractivity contribution in [3.63, 3.8) is 0 Å². The summed E-state index contributed by atoms with van der Waals surface area (Å²) >= 11 is 0. The van der Waals surface area contributed by atoms with Gasteiger partial charge in [-0.25, -0.2) is 4.98 Å². The lowest BCUT2D eigenvalue weighted by Crippen LogP contribution is -2.25. The number of hydrogen-bond acceptors (Lipinski definition) is 3. The predicted octanol–water partition coefficient (Wildman–Crippen LogP) is 1.13. The molecule has 16 heavy (non-hydrogen) atoms. The van der Waals surface area contributed by atoms with Gasteiger partial charge in [-0.3, -0.25) is 4.68 Å². The number of nitrogens with one attached hydrogen (secondary N) is 1. The Balaban J connectivity index is 2.12. The van der Waals surface area contributed by atoms with E-state index in [-0.39, 0.29) is 6.04 Å². The van der Waals surface area contributed by atoms with E-state index in [2.05, 4.69) is 15.4 Å². The van der Waals surface area contributed by atoms with Crippen LogP contribution in [0, 0.1) is 0 Å². The van der Waals surface area contributed by atoms with Gasteiger partial charge in [0, 0.05) is 19.5 Å². The fourth-order valence-electron chi connectivity index (χ4n) is 1.87. The average molecular weight is 234 g/mol. The number of rotatable bonds is 2. The standard InChI is InChI=1S/C9H13F3N4/c1-16-7(5-6-3-2-4-13-6)14-8(15-16)9(10,11)12/h6,13H,2-5H2,1H3. The molecule has 0 bridgehead atoms. The molecule has 2 rings (SSSR count). The fourth-order valence-corrected chi connectivity index (χ4v) is 1.87. The first-order chi connectivity index (χ1) is 7.47. The van der Waals surface area contributed by atoms with Crippen LogP contribution < -0.4 is 5.32 Å². The second-order valence-electron chi connectivity index (χ2n) is 3.97. The largest absolute Gasteiger partial charge is 0.453 e. The van der Waals surface area contributed by atoms with Crippen molar-refractivity contribution in [2.24, 2.45) is 7.05 Å². The van der Waals surface area contributed by atoms with Gasteiger partial charge in [-0.15, -0.1) is 5.10 Å². The predicted molar refractivity (Wildman–Crippen MR) is 50.7 cm³/mol. The highest BCUT2D eigenvalue weighted by Crippen LogP contribution is 2.26. The van der Waals surface area contributed by atoms with Crippen molar-refractivity contribution < 1.29 is 13.2 Å². The summed E-state index contributed by atoms with van der Waals surface area (Å²) in [7, 11) is 1.49. The zero-order chi connectivity index (χ0) is 11.8. The van der Waals surface area contributed by atoms with Crippen LogP contribution in [-0.2, 0) is 19.6 Å². The number of hydrogen-bond donors (Lipinski definition) is 1. The summed E-state index contributed by atoms with van der Waals surface area (Å²) in [4.78, 5) is 3.53. The Bertz CT molecular complexity index is 365. The van der Waals surface area contributed by atoms with Crippen molar-refractivity contribution in [1.82, 2.24) is 20.1 Å². The Labute approximate surface area is 90.9 Å². The van der Waals surface area contributed by atoms with E-state index in [1.165, 1.54) is 11.7 Å². The average Bonchev–Trinajstić information content (AvgIpc) is 2.76. The Kier molecular flexibility index (Phi) is 2.88. The summed E-state index contributed by atoms with van der Waals surface area (Å²) in [5.41, 5.74) is 0. The lowest BCUT2D eigenvalue weighted by molar-refractivity contribution is -0.145. The van der Waals surface area contributed by atoms with E-state index in [0.29, 0.717) is 12.2 Å². The van der Waals surface area contributed by atoms with E-state index in [0.717, 1.165) is 19.4 Å². The van der Waals surface area contributed by atoms with Crippen molar-refractivity contribution in [2.45, 2.75) is 31.5 Å². The summed E-state index contributed by atoms with van der Waals surface area (Å²) in [6.07, 6.45) is -1.92. The summed E-state index contributed by atoms with van der Waals surface area (Å²) in [5.74, 6) is -0.672. The van der Waals surface area contributed by atoms with Crippen molar-refractivity contribution in [1.29, 1.82) is 0 Å². The molecule has 7 heteroatoms. The van der Waals surface area contributed by atoms with E-state index < -0.39 is 12.0 Å². The van der Waals surface area contributed by atoms with Gasteiger partial charge >= 0.3 is 6.18 Å². The lowest BCUT2D eigenvalue weighted by Gasteiger charge is -2.07. The van der Waals surface area contributed by atoms with Gasteiger partial charge in [-0.2, -0.15) is 13.2 Å². The minimum Gasteiger partial charge on any atom is -0.314 e. The van der Waals surface area contributed by atoms with Crippen molar-refractivity contribution in [3.05, 3.63) is 11.6 Å². The van der Waals surface area contributed by atoms with Crippen molar-refractivity contribution >= 4 is 0 Å². The smallest absolute Gasteiger partial charge is 0.314 e. The van der Waals surface area contributed by atoms with Crippen molar-refractivity contribution in [3.8, 4) is 0 Å². The first kappa shape index (κ1) is 11.4. The van der Waals surface area contributed by atoms with Gasteiger partial charge in [0.25, 0.3) is 5.82 Å². The topological polar surface area (TPSA) is 42.7 Å². The molecule has 0 aromatic carbocycles. The minimum absolute atomic E-state index is 0.226. The van der Waals surface area contributed by atoms with Gasteiger partial charge in [0.1, 0.15) is 5.82 Å². The third-order valence-corrected chi connectivity index (χ3v) is 2.70. The molecule has 1 aliphatic heterocycles. The van der Waals surface area contributed by atoms with Crippen LogP contribution in [0.3, 0.4) is 0 Å². The van der Waals surface area contributed by atoms with Gasteiger partial charge < -0.3 is 5.32 Å². The maximum Gasteiger partial charge on any atom is 0.453 e. The zero-order valence-corrected chi connectivity index (χ0v) is 8.88. The van der Waals surface area contributed by atoms with Crippen LogP contribution in [0.2, 0.25) is 0 Å². The second-order valence-corrected chi connectivity index (χ2v) is 3.97. The molecular weight excluding hydrogens is 221 g/mol. The van der Waals surface area contributed by atoms with Crippen LogP contribution >= 0.6 is 0 Å². The SMILES string of the molecule is Cn1nc(C(F)(F)F)nc1CC1CCCN1. The summed E-state index contributed by atoms with van der Waals surface area (Å²) in [5, 5.41) is 6.59. The van der Waals surface area contributed by atoms with Crippen LogP contribution in [0.25, 0.3) is 0 Å². The van der Waals surface area contributed by atoms with E-state index in [1.54, 1.807) is 0 Å². The second kappa shape index (κ2) is 4.04. The van der Waals surface area contributed by atoms with E-state index in [1.807, 2.05) is 0 Å². The van der Waals surface area contributed by atoms with Gasteiger partial charge in [0.2, 0.25) is 0 Å². The molecular formula is C9H13F3N4. The molecule has 2 heterocycles. The third-order valence-electron chi connectivity index (χ3n) is 2.70. The van der Waals surface area contributed by atoms with Crippen molar-refractivity contribution in [2.75, 3.05) is 6.54 Å². The molecule has 1 atom stereocenters. The molecule has 1 N–H and O–H groups in total. The molecule has 4 nitrogen and oxygen atoms in total. The third kappa shape index (κ3) is 2.34. The van der Waals surface area contributed by atoms with Crippen LogP contribution in [0.5, 0.6) is 0 Å². The van der Waals surface area contributed by atoms with Crippen LogP contribution in [0.4, 0.5) is 13.2 Å². The van der Waals surface area contributed by atoms with Gasteiger partial charge in [0.15, 0.2) is 0 Å². The summed E-state index contributed by atoms with van der Waals surface area (Å²) < 4.78 is 38.2. The Morgan fingerprint density at radius 2 is 2.25 bits per heavy atom. The highest BCUT2D eigenvalue weighted by molar-refractivity contribution is 4.99. The molecule has 0 radical (unpaired) electrons. The number of alkyl halides is 3. The van der Waals surface area contributed by atoms with Crippen LogP contribution in [0.15, 0.2) is 0 Å². The van der Waals surface area contributed by atoms with Crippen LogP contribution in [-0.4, -0.2) is 27.4 Å². The summed E-state index contributed by atoms with van der Waals surface area (Å²) in [6.45, 7) is 0.925. The molecule has 0 saturated carbocycles. The lowest BCUT2D eigenvalue weighted by atomic mass is 10.1. The van der Waals surface area contributed by atoms with Gasteiger partial charge in [0.05, 0.1) is 0 Å². The summed E-state index contributed by atoms with van der Waals surface area (Å²) in [6, 6.07) is 0.226. The monoisotopic (exact) mass is 234 g/mol. The normalized spacial score (nSPS) is 21.6. The molecule has 0 amide bonds. The molecule has 90 valence electrons. The number of aryl methyl sites for hydroxylation is 1. The van der Waals surface area contributed by atoms with E-state index >= 15 is 0 Å². The highest BCUT2D eigenvalue weighted by Gasteiger charge is 2.36. The maximum atomic E-state index is 12.3. The first-order valence-corrected chi connectivity index (χ1v) is 5.17. The van der Waals surface area contributed by atoms with Gasteiger partial charge in [-0.05, 0) is 19.4 Å². The number of halogens is 3. The molecule has 1 aliphatic rings. The zero-order valence-electron chi connectivity index (χ0n) is 8.88. The molecule has 0 aliphatic carbocycles. The quantitative estimate of drug-likeness (QED) is 0.834. The first-order valence-electron chi connectivity index (χ1n) is 5.17. The minimum atomic E-state index is -4.46. The van der Waals surface area contributed by atoms with Gasteiger partial charge in [-0.1, -0.05) is 0 Å². The molecule has 1 fully saturated rings. The molecule has 0 spiro atoms. The maximum absolute atomic E-state index is 12.3. The number of aromatic nitrogens is 3. The van der Waals surface area contributed by atoms with E-state index in [4.69, 9.17) is 0 Å². The van der Waals surface area contributed by atoms with E-state index in [9.17, 15) is 13.2 Å².